The first-order chi connectivity index (χ1) is 54.4. The van der Waals surface area contributed by atoms with E-state index in [1.54, 1.807) is 14.0 Å². The molecule has 20 nitrogen and oxygen atoms in total. The fourth-order valence-corrected chi connectivity index (χ4v) is 24.5. The average Bonchev–Trinajstić information content (AvgIpc) is 0.915. The average molecular weight is 1620 g/mol. The number of rotatable bonds is 18. The molecule has 9 amide bonds. The Hall–Kier alpha value is -10.2. The number of carbonyl (C=O) groups excluding carboxylic acids is 10. The van der Waals surface area contributed by atoms with Crippen LogP contribution in [0.2, 0.25) is 19.6 Å². The molecule has 14 rings (SSSR count). The number of hydrogen-bond acceptors (Lipinski definition) is 15. The largest absolute Gasteiger partial charge is 1.00 e. The molecule has 0 aromatic heterocycles. The minimum atomic E-state index is -2.36. The number of piperidine rings is 4. The third kappa shape index (κ3) is 25.9. The van der Waals surface area contributed by atoms with Crippen LogP contribution in [-0.2, 0) is 70.5 Å². The van der Waals surface area contributed by atoms with Crippen LogP contribution in [0.3, 0.4) is 0 Å². The monoisotopic (exact) mass is 1620 g/mol. The Morgan fingerprint density at radius 2 is 0.956 bits per heavy atom. The van der Waals surface area contributed by atoms with E-state index < -0.39 is 22.2 Å². The lowest BCUT2D eigenvalue weighted by atomic mass is 9.79. The molecule has 0 aliphatic carbocycles. The summed E-state index contributed by atoms with van der Waals surface area (Å²) in [5, 5.41) is 20.5. The van der Waals surface area contributed by atoms with Crippen LogP contribution in [0, 0.1) is 10.8 Å². The Morgan fingerprint density at radius 1 is 0.544 bits per heavy atom. The smallest absolute Gasteiger partial charge is 0.330 e. The summed E-state index contributed by atoms with van der Waals surface area (Å²) in [6, 6.07) is 82.3. The quantitative estimate of drug-likeness (QED) is 0.0134. The summed E-state index contributed by atoms with van der Waals surface area (Å²) >= 11 is 0. The van der Waals surface area contributed by atoms with Gasteiger partial charge in [-0.2, -0.15) is 0 Å². The maximum atomic E-state index is 13.0. The van der Waals surface area contributed by atoms with Crippen molar-refractivity contribution in [1.29, 1.82) is 0 Å². The second kappa shape index (κ2) is 45.1. The number of nitrogens with zero attached hydrogens (tertiary/aromatic N) is 2. The number of likely N-dealkylation sites (tertiary alicyclic amines) is 1. The van der Waals surface area contributed by atoms with Gasteiger partial charge < -0.3 is 32.9 Å². The number of carbonyl (C=O) groups is 10. The summed E-state index contributed by atoms with van der Waals surface area (Å²) in [6.07, 6.45) is 8.49. The Bertz CT molecular complexity index is 4380. The molecule has 2 spiro atoms. The van der Waals surface area contributed by atoms with Crippen molar-refractivity contribution in [2.75, 3.05) is 59.0 Å². The number of primary amides is 1. The highest BCUT2D eigenvalue weighted by molar-refractivity contribution is 7.97. The van der Waals surface area contributed by atoms with Crippen LogP contribution in [0.1, 0.15) is 82.3 Å². The van der Waals surface area contributed by atoms with Gasteiger partial charge in [0, 0.05) is 75.9 Å². The molecule has 0 radical (unpaired) electrons. The van der Waals surface area contributed by atoms with Crippen LogP contribution < -0.4 is 76.6 Å². The second-order valence-corrected chi connectivity index (χ2v) is 41.9. The molecule has 8 aromatic rings. The maximum Gasteiger partial charge on any atom is 0.330 e. The lowest BCUT2D eigenvalue weighted by Crippen LogP contribution is -3.00. The summed E-state index contributed by atoms with van der Waals surface area (Å²) in [7, 11) is -1.38. The zero-order valence-corrected chi connectivity index (χ0v) is 69.4. The van der Waals surface area contributed by atoms with Crippen LogP contribution in [0.4, 0.5) is 0 Å². The van der Waals surface area contributed by atoms with Crippen molar-refractivity contribution in [2.24, 2.45) is 16.6 Å². The summed E-state index contributed by atoms with van der Waals surface area (Å²) in [5.41, 5.74) is 8.20. The Labute approximate surface area is 678 Å². The van der Waals surface area contributed by atoms with E-state index in [1.807, 2.05) is 127 Å². The summed E-state index contributed by atoms with van der Waals surface area (Å²) in [5.74, 6) is -2.00. The normalized spacial score (nSPS) is 17.8. The van der Waals surface area contributed by atoms with Crippen molar-refractivity contribution in [3.63, 3.8) is 0 Å². The number of amides is 9. The standard InChI is InChI=1S/C23H20NO2P.C20H18NOP.C15H18N2O2.C13H23NOSi.C8H12N2O2.C6H7NO2.C5H8O2.ClH/c25-22-17-16-21(23(26)24-22)27(18-10-4-1-5-11-18,19-12-6-2-7-13-19)20-14-8-3-9-15-20;21-20(22)16-23(17-10-4-1-5-11-17,18-12-6-2-7-13-18)19-14-8-3-9-15-19;18-13-6-7-15(14(19)16-13)8-9-17(11-15)10-12-4-2-1-3-5-12;1-15-11-14(12-16(2,3)4)10-13-8-6-5-7-9-13;11-6-1-2-8(7(12)10-6)3-4-9-5-8;1-4-2-3-5(8)7-6(4)9;1-3-5(6)7-4-2;/h1-15H,16-17H2,(H,24,25,26);1-15H,16H2,(H-,21,22);1-5H,6-11H2,(H,16,18,19);5-9H,10-12H2,1-4H3;9H,1-5H2,(H,10,11,12);1-3H2,(H,7,8,9);3H,1,4H2,2H3;1H. The molecule has 24 heteroatoms. The van der Waals surface area contributed by atoms with Gasteiger partial charge in [-0.3, -0.25) is 74.2 Å². The van der Waals surface area contributed by atoms with E-state index in [1.165, 1.54) is 33.2 Å². The van der Waals surface area contributed by atoms with Gasteiger partial charge in [0.05, 0.1) is 32.2 Å². The number of nitrogens with one attached hydrogen (secondary N) is 5. The molecule has 6 aliphatic rings. The van der Waals surface area contributed by atoms with Gasteiger partial charge in [0.15, 0.2) is 6.16 Å². The minimum absolute atomic E-state index is 0. The van der Waals surface area contributed by atoms with Gasteiger partial charge in [-0.15, -0.1) is 0 Å². The van der Waals surface area contributed by atoms with E-state index in [9.17, 15) is 47.9 Å². The Kier molecular flexibility index (Phi) is 36.0. The number of imide groups is 4. The lowest BCUT2D eigenvalue weighted by Gasteiger charge is -2.33. The topological polar surface area (TPSA) is 282 Å². The van der Waals surface area contributed by atoms with Crippen LogP contribution in [0.25, 0.3) is 0 Å². The number of halogens is 1. The van der Waals surface area contributed by atoms with Crippen molar-refractivity contribution in [1.82, 2.24) is 36.4 Å². The van der Waals surface area contributed by atoms with E-state index >= 15 is 0 Å². The first-order valence-corrected chi connectivity index (χ1v) is 45.7. The molecule has 2 atom stereocenters. The van der Waals surface area contributed by atoms with Crippen molar-refractivity contribution in [3.05, 3.63) is 279 Å². The SMILES string of the molecule is C=C1CCC(=O)NC1=O.C=CC(=O)OCC.COCN(Cc1ccccc1)C[Si](C)(C)C.NC(=O)C[P+](c1ccccc1)(c1ccccc1)c1ccccc1.O=C1CCC(=P(c2ccccc2)(c2ccccc2)c2ccccc2)C(=O)N1.O=C1CCC2(CCN(Cc3ccccc3)C2)C(=O)N1.O=C1CCC2(CCNC2)C(=O)N1.[Cl-]. The van der Waals surface area contributed by atoms with Gasteiger partial charge in [-0.05, 0) is 135 Å². The van der Waals surface area contributed by atoms with Gasteiger partial charge in [0.2, 0.25) is 35.4 Å². The number of hydrogen-bond donors (Lipinski definition) is 6. The summed E-state index contributed by atoms with van der Waals surface area (Å²) in [6.45, 7) is 19.5. The lowest BCUT2D eigenvalue weighted by molar-refractivity contribution is -0.142. The molecule has 0 bridgehead atoms. The van der Waals surface area contributed by atoms with Crippen LogP contribution in [-0.4, -0.2) is 141 Å². The molecular weight excluding hydrogens is 1510 g/mol. The highest BCUT2D eigenvalue weighted by Gasteiger charge is 2.49. The number of esters is 1. The molecule has 600 valence electrons. The molecule has 6 saturated heterocycles. The Balaban J connectivity index is 0.000000191. The fourth-order valence-electron chi connectivity index (χ4n) is 14.5. The zero-order valence-electron chi connectivity index (χ0n) is 65.9. The number of methoxy groups -OCH3 is 1. The first kappa shape index (κ1) is 91.0. The van der Waals surface area contributed by atoms with E-state index in [0.717, 1.165) is 86.1 Å². The zero-order chi connectivity index (χ0) is 81.3. The first-order valence-electron chi connectivity index (χ1n) is 38.2. The molecule has 6 heterocycles. The van der Waals surface area contributed by atoms with Gasteiger partial charge in [0.1, 0.15) is 23.2 Å². The third-order valence-corrected chi connectivity index (χ3v) is 30.1. The van der Waals surface area contributed by atoms with Crippen molar-refractivity contribution >= 4 is 118 Å². The Morgan fingerprint density at radius 3 is 1.32 bits per heavy atom. The van der Waals surface area contributed by atoms with E-state index in [4.69, 9.17) is 10.5 Å². The van der Waals surface area contributed by atoms with Gasteiger partial charge in [-0.1, -0.05) is 239 Å². The molecule has 6 fully saturated rings. The predicted octanol–water partition coefficient (Wildman–Crippen LogP) is 6.46. The molecule has 8 aromatic carbocycles. The third-order valence-electron chi connectivity index (χ3n) is 19.9. The number of benzene rings is 8. The maximum absolute atomic E-state index is 13.0. The van der Waals surface area contributed by atoms with Crippen molar-refractivity contribution < 1.29 is 69.8 Å². The summed E-state index contributed by atoms with van der Waals surface area (Å²) < 4.78 is 9.70. The van der Waals surface area contributed by atoms with Gasteiger partial charge in [0.25, 0.3) is 17.7 Å². The fraction of sp³-hybridized carbons (Fsp3) is 0.300. The molecule has 0 saturated carbocycles. The predicted molar refractivity (Wildman–Crippen MR) is 456 cm³/mol. The van der Waals surface area contributed by atoms with E-state index in [-0.39, 0.29) is 82.4 Å². The highest BCUT2D eigenvalue weighted by atomic mass is 35.5. The molecule has 2 unspecified atom stereocenters. The van der Waals surface area contributed by atoms with Crippen LogP contribution >= 0.6 is 14.1 Å². The molecule has 114 heavy (non-hydrogen) atoms. The van der Waals surface area contributed by atoms with Crippen LogP contribution in [0.5, 0.6) is 0 Å². The van der Waals surface area contributed by atoms with E-state index in [2.05, 4.69) is 189 Å². The van der Waals surface area contributed by atoms with Crippen molar-refractivity contribution in [3.8, 4) is 0 Å². The van der Waals surface area contributed by atoms with Crippen LogP contribution in [0.15, 0.2) is 267 Å². The number of ether oxygens (including phenoxy) is 2. The molecule has 7 N–H and O–H groups in total. The van der Waals surface area contributed by atoms with E-state index in [0.29, 0.717) is 69.7 Å². The molecule has 6 aliphatic heterocycles. The highest BCUT2D eigenvalue weighted by Crippen LogP contribution is 2.55. The minimum Gasteiger partial charge on any atom is -1.00 e. The number of nitrogens with two attached hydrogens (primary N) is 1. The van der Waals surface area contributed by atoms with Crippen molar-refractivity contribution in [2.45, 2.75) is 104 Å². The molecular formula is C90H107ClN8O12P2Si. The van der Waals surface area contributed by atoms with Gasteiger partial charge in [-0.25, -0.2) is 4.79 Å². The summed E-state index contributed by atoms with van der Waals surface area (Å²) in [4.78, 5) is 118. The second-order valence-electron chi connectivity index (χ2n) is 29.5. The van der Waals surface area contributed by atoms with Gasteiger partial charge >= 0.3 is 5.97 Å².